The van der Waals surface area contributed by atoms with Crippen molar-refractivity contribution < 1.29 is 14.5 Å². The molecular formula is C9H8N4O4. The Bertz CT molecular complexity index is 552. The summed E-state index contributed by atoms with van der Waals surface area (Å²) < 4.78 is 5.18. The summed E-state index contributed by atoms with van der Waals surface area (Å²) in [7, 11) is 1.29. The van der Waals surface area contributed by atoms with Crippen LogP contribution in [-0.2, 0) is 7.05 Å². The molecule has 0 bridgehead atoms. The Hall–Kier alpha value is -2.64. The van der Waals surface area contributed by atoms with E-state index in [1.165, 1.54) is 7.05 Å². The van der Waals surface area contributed by atoms with Gasteiger partial charge in [-0.25, -0.2) is 0 Å². The van der Waals surface area contributed by atoms with E-state index in [1.54, 1.807) is 30.3 Å². The lowest BCUT2D eigenvalue weighted by Crippen LogP contribution is -2.37. The zero-order valence-electron chi connectivity index (χ0n) is 8.81. The van der Waals surface area contributed by atoms with E-state index < -0.39 is 10.7 Å². The molecule has 8 nitrogen and oxygen atoms in total. The van der Waals surface area contributed by atoms with Crippen molar-refractivity contribution in [2.75, 3.05) is 0 Å². The van der Waals surface area contributed by atoms with Crippen molar-refractivity contribution in [3.8, 4) is 11.6 Å². The summed E-state index contributed by atoms with van der Waals surface area (Å²) in [6.07, 6.45) is 0. The van der Waals surface area contributed by atoms with Crippen molar-refractivity contribution in [3.63, 3.8) is 0 Å². The van der Waals surface area contributed by atoms with Crippen molar-refractivity contribution in [2.24, 2.45) is 7.05 Å². The van der Waals surface area contributed by atoms with E-state index in [1.807, 2.05) is 0 Å². The second kappa shape index (κ2) is 4.08. The molecule has 1 aromatic carbocycles. The number of ether oxygens (including phenoxy) is 1. The molecule has 1 heterocycles. The van der Waals surface area contributed by atoms with Gasteiger partial charge in [-0.2, -0.15) is 0 Å². The molecule has 17 heavy (non-hydrogen) atoms. The minimum atomic E-state index is -0.835. The van der Waals surface area contributed by atoms with Gasteiger partial charge in [0.15, 0.2) is 0 Å². The van der Waals surface area contributed by atoms with Gasteiger partial charge in [-0.15, -0.1) is 0 Å². The molecule has 0 fully saturated rings. The molecule has 0 radical (unpaired) electrons. The summed E-state index contributed by atoms with van der Waals surface area (Å²) in [4.78, 5) is 10.7. The maximum atomic E-state index is 11.3. The molecule has 88 valence electrons. The molecule has 0 amide bonds. The Balaban J connectivity index is 2.40. The quantitative estimate of drug-likeness (QED) is 0.339. The summed E-state index contributed by atoms with van der Waals surface area (Å²) >= 11 is 0. The van der Waals surface area contributed by atoms with Crippen molar-refractivity contribution in [1.29, 1.82) is 0 Å². The summed E-state index contributed by atoms with van der Waals surface area (Å²) in [6.45, 7) is 0. The average Bonchev–Trinajstić information content (AvgIpc) is 2.56. The molecular weight excluding hydrogens is 228 g/mol. The normalized spacial score (nSPS) is 10.2. The summed E-state index contributed by atoms with van der Waals surface area (Å²) in [5, 5.41) is 25.6. The molecule has 0 atom stereocenters. The second-order valence-electron chi connectivity index (χ2n) is 3.16. The van der Waals surface area contributed by atoms with E-state index in [4.69, 9.17) is 4.74 Å². The molecule has 1 aromatic heterocycles. The van der Waals surface area contributed by atoms with Crippen LogP contribution < -0.4 is 9.58 Å². The van der Waals surface area contributed by atoms with Gasteiger partial charge < -0.3 is 9.94 Å². The first-order valence-corrected chi connectivity index (χ1v) is 4.63. The maximum Gasteiger partial charge on any atom is 0.603 e. The fraction of sp³-hybridized carbons (Fsp3) is 0.111. The van der Waals surface area contributed by atoms with Gasteiger partial charge >= 0.3 is 11.7 Å². The number of nitrogens with zero attached hydrogens (tertiary/aromatic N) is 4. The monoisotopic (exact) mass is 236 g/mol. The molecule has 0 saturated carbocycles. The Morgan fingerprint density at radius 2 is 2.06 bits per heavy atom. The van der Waals surface area contributed by atoms with Crippen LogP contribution in [0, 0.1) is 15.3 Å². The topological polar surface area (TPSA) is 97.1 Å². The molecule has 0 aliphatic rings. The van der Waals surface area contributed by atoms with Gasteiger partial charge in [-0.3, -0.25) is 10.1 Å². The smallest absolute Gasteiger partial charge is 0.590 e. The fourth-order valence-electron chi connectivity index (χ4n) is 1.25. The minimum Gasteiger partial charge on any atom is -0.590 e. The number of aromatic nitrogens is 3. The zero-order chi connectivity index (χ0) is 12.4. The third-order valence-electron chi connectivity index (χ3n) is 2.00. The lowest BCUT2D eigenvalue weighted by molar-refractivity contribution is -0.734. The van der Waals surface area contributed by atoms with Gasteiger partial charge in [0.1, 0.15) is 10.7 Å². The van der Waals surface area contributed by atoms with Crippen LogP contribution in [0.4, 0.5) is 5.82 Å². The first-order chi connectivity index (χ1) is 8.09. The molecule has 0 unspecified atom stereocenters. The van der Waals surface area contributed by atoms with Gasteiger partial charge in [0.05, 0.1) is 7.05 Å². The van der Waals surface area contributed by atoms with Crippen molar-refractivity contribution >= 4 is 5.82 Å². The Morgan fingerprint density at radius 1 is 1.41 bits per heavy atom. The van der Waals surface area contributed by atoms with Crippen molar-refractivity contribution in [1.82, 2.24) is 9.90 Å². The predicted molar refractivity (Wildman–Crippen MR) is 55.3 cm³/mol. The molecule has 0 spiro atoms. The Labute approximate surface area is 95.4 Å². The Morgan fingerprint density at radius 3 is 2.65 bits per heavy atom. The lowest BCUT2D eigenvalue weighted by atomic mass is 10.3. The third-order valence-corrected chi connectivity index (χ3v) is 2.00. The molecule has 0 saturated heterocycles. The zero-order valence-corrected chi connectivity index (χ0v) is 8.81. The number of hydrogen-bond acceptors (Lipinski definition) is 5. The van der Waals surface area contributed by atoms with Crippen LogP contribution in [0.3, 0.4) is 0 Å². The first kappa shape index (κ1) is 10.9. The predicted octanol–water partition coefficient (Wildman–Crippen LogP) is 0.754. The number of rotatable bonds is 3. The van der Waals surface area contributed by atoms with Crippen LogP contribution in [-0.4, -0.2) is 14.8 Å². The highest BCUT2D eigenvalue weighted by Gasteiger charge is 2.34. The largest absolute Gasteiger partial charge is 0.603 e. The Kier molecular flexibility index (Phi) is 2.61. The maximum absolute atomic E-state index is 11.3. The fourth-order valence-corrected chi connectivity index (χ4v) is 1.25. The molecule has 0 aliphatic carbocycles. The summed E-state index contributed by atoms with van der Waals surface area (Å²) in [6, 6.07) is 8.39. The van der Waals surface area contributed by atoms with E-state index in [-0.39, 0.29) is 10.7 Å². The van der Waals surface area contributed by atoms with E-state index >= 15 is 0 Å². The highest BCUT2D eigenvalue weighted by atomic mass is 16.6. The van der Waals surface area contributed by atoms with Gasteiger partial charge in [0.2, 0.25) is 0 Å². The molecule has 2 aromatic rings. The number of benzene rings is 1. The van der Waals surface area contributed by atoms with Crippen molar-refractivity contribution in [3.05, 3.63) is 45.7 Å². The van der Waals surface area contributed by atoms with Crippen LogP contribution in [0.1, 0.15) is 0 Å². The highest BCUT2D eigenvalue weighted by Crippen LogP contribution is 2.25. The SMILES string of the molecule is Cn1nc(Oc2ccccc2)c([N+](=O)[O-])[n+]1[O-]. The van der Waals surface area contributed by atoms with Gasteiger partial charge in [-0.1, -0.05) is 23.3 Å². The third kappa shape index (κ3) is 2.00. The number of para-hydroxylation sites is 1. The summed E-state index contributed by atoms with van der Waals surface area (Å²) in [5.74, 6) is -0.704. The summed E-state index contributed by atoms with van der Waals surface area (Å²) in [5.41, 5.74) is 0. The number of hydrogen-bond donors (Lipinski definition) is 0. The van der Waals surface area contributed by atoms with Crippen LogP contribution in [0.15, 0.2) is 30.3 Å². The standard InChI is InChI=1S/C9H8N4O4/c1-11-10-8(9(12(11)14)13(15)16)17-7-5-3-2-4-6-7/h2-6H,1H3. The van der Waals surface area contributed by atoms with E-state index in [9.17, 15) is 15.3 Å². The van der Waals surface area contributed by atoms with Crippen LogP contribution in [0.5, 0.6) is 11.6 Å². The van der Waals surface area contributed by atoms with Gasteiger partial charge in [0, 0.05) is 4.85 Å². The molecule has 8 heteroatoms. The molecule has 0 N–H and O–H groups in total. The molecule has 2 rings (SSSR count). The van der Waals surface area contributed by atoms with E-state index in [2.05, 4.69) is 5.10 Å². The second-order valence-corrected chi connectivity index (χ2v) is 3.16. The molecule has 0 aliphatic heterocycles. The highest BCUT2D eigenvalue weighted by molar-refractivity contribution is 5.32. The minimum absolute atomic E-state index is 0.0538. The van der Waals surface area contributed by atoms with Gasteiger partial charge in [0.25, 0.3) is 0 Å². The van der Waals surface area contributed by atoms with Crippen molar-refractivity contribution in [2.45, 2.75) is 0 Å². The van der Waals surface area contributed by atoms with Crippen LogP contribution in [0.25, 0.3) is 0 Å². The van der Waals surface area contributed by atoms with Crippen LogP contribution in [0.2, 0.25) is 0 Å². The van der Waals surface area contributed by atoms with Crippen LogP contribution >= 0.6 is 0 Å². The van der Waals surface area contributed by atoms with E-state index in [0.29, 0.717) is 5.75 Å². The lowest BCUT2D eigenvalue weighted by Gasteiger charge is -1.97. The van der Waals surface area contributed by atoms with E-state index in [0.717, 1.165) is 4.80 Å². The average molecular weight is 236 g/mol. The first-order valence-electron chi connectivity index (χ1n) is 4.63. The number of nitro groups is 1. The van der Waals surface area contributed by atoms with Gasteiger partial charge in [-0.05, 0) is 16.9 Å². The number of aryl methyl sites for hydroxylation is 1.